The Morgan fingerprint density at radius 3 is 2.12 bits per heavy atom. The van der Waals surface area contributed by atoms with Crippen LogP contribution >= 0.6 is 0 Å². The van der Waals surface area contributed by atoms with Crippen molar-refractivity contribution in [2.45, 2.75) is 20.8 Å². The fourth-order valence-electron chi connectivity index (χ4n) is 3.64. The number of amides is 2. The van der Waals surface area contributed by atoms with E-state index in [1.807, 2.05) is 51.1 Å². The third-order valence-corrected chi connectivity index (χ3v) is 5.59. The number of nitrogens with zero attached hydrogens (tertiary/aromatic N) is 2. The Kier molecular flexibility index (Phi) is 5.32. The van der Waals surface area contributed by atoms with Crippen LogP contribution in [-0.2, 0) is 9.59 Å². The smallest absolute Gasteiger partial charge is 0.282 e. The Morgan fingerprint density at radius 2 is 1.50 bits per heavy atom. The minimum absolute atomic E-state index is 0.0921. The highest BCUT2D eigenvalue weighted by Gasteiger charge is 2.41. The maximum absolute atomic E-state index is 13.5. The fraction of sp³-hybridized carbons (Fsp3) is 0.120. The van der Waals surface area contributed by atoms with E-state index in [1.165, 1.54) is 24.3 Å². The van der Waals surface area contributed by atoms with Crippen molar-refractivity contribution in [2.24, 2.45) is 0 Å². The molecule has 1 heterocycles. The molecule has 1 aliphatic heterocycles. The van der Waals surface area contributed by atoms with E-state index in [0.717, 1.165) is 21.6 Å². The second-order valence-corrected chi connectivity index (χ2v) is 7.71. The highest BCUT2D eigenvalue weighted by molar-refractivity contribution is 6.46. The number of aryl methyl sites for hydroxylation is 2. The summed E-state index contributed by atoms with van der Waals surface area (Å²) in [5.74, 6) is -0.954. The number of carbonyl (C=O) groups is 2. The van der Waals surface area contributed by atoms with E-state index in [2.05, 4.69) is 5.32 Å². The van der Waals surface area contributed by atoms with Crippen LogP contribution in [0.4, 0.5) is 17.1 Å². The summed E-state index contributed by atoms with van der Waals surface area (Å²) in [6, 6.07) is 18.5. The van der Waals surface area contributed by atoms with Gasteiger partial charge in [-0.3, -0.25) is 19.7 Å². The van der Waals surface area contributed by atoms with Gasteiger partial charge >= 0.3 is 0 Å². The van der Waals surface area contributed by atoms with E-state index in [4.69, 9.17) is 0 Å². The lowest BCUT2D eigenvalue weighted by atomic mass is 10.0. The van der Waals surface area contributed by atoms with Crippen molar-refractivity contribution in [3.05, 3.63) is 105 Å². The van der Waals surface area contributed by atoms with Crippen LogP contribution in [-0.4, -0.2) is 16.7 Å². The molecule has 32 heavy (non-hydrogen) atoms. The van der Waals surface area contributed by atoms with Crippen LogP contribution < -0.4 is 10.2 Å². The quantitative estimate of drug-likeness (QED) is 0.355. The van der Waals surface area contributed by atoms with Crippen LogP contribution in [0.1, 0.15) is 22.3 Å². The van der Waals surface area contributed by atoms with E-state index in [-0.39, 0.29) is 17.0 Å². The Bertz CT molecular complexity index is 1280. The molecule has 0 aromatic heterocycles. The van der Waals surface area contributed by atoms with Crippen molar-refractivity contribution < 1.29 is 14.5 Å². The van der Waals surface area contributed by atoms with Gasteiger partial charge in [-0.2, -0.15) is 0 Å². The Balaban J connectivity index is 1.84. The van der Waals surface area contributed by atoms with Gasteiger partial charge in [-0.05, 0) is 67.8 Å². The predicted molar refractivity (Wildman–Crippen MR) is 123 cm³/mol. The van der Waals surface area contributed by atoms with Crippen LogP contribution in [0.5, 0.6) is 0 Å². The average Bonchev–Trinajstić information content (AvgIpc) is 3.01. The maximum atomic E-state index is 13.5. The summed E-state index contributed by atoms with van der Waals surface area (Å²) < 4.78 is 0. The van der Waals surface area contributed by atoms with Gasteiger partial charge in [0.2, 0.25) is 0 Å². The van der Waals surface area contributed by atoms with Crippen LogP contribution in [0.25, 0.3) is 5.57 Å². The van der Waals surface area contributed by atoms with Gasteiger partial charge in [-0.25, -0.2) is 4.90 Å². The summed E-state index contributed by atoms with van der Waals surface area (Å²) in [6.07, 6.45) is 0. The summed E-state index contributed by atoms with van der Waals surface area (Å²) in [6.45, 7) is 5.74. The van der Waals surface area contributed by atoms with Gasteiger partial charge in [-0.15, -0.1) is 0 Å². The number of nitro groups is 1. The molecule has 0 saturated carbocycles. The van der Waals surface area contributed by atoms with Gasteiger partial charge in [0.15, 0.2) is 0 Å². The molecular formula is C25H21N3O4. The number of hydrogen-bond donors (Lipinski definition) is 1. The molecule has 3 aromatic rings. The molecule has 0 fully saturated rings. The first-order valence-corrected chi connectivity index (χ1v) is 10.1. The van der Waals surface area contributed by atoms with E-state index >= 15 is 0 Å². The molecule has 0 bridgehead atoms. The molecule has 4 rings (SSSR count). The molecule has 2 amide bonds. The third kappa shape index (κ3) is 3.65. The van der Waals surface area contributed by atoms with Gasteiger partial charge in [0.25, 0.3) is 17.5 Å². The van der Waals surface area contributed by atoms with Gasteiger partial charge in [0, 0.05) is 17.8 Å². The first kappa shape index (κ1) is 21.0. The Labute approximate surface area is 185 Å². The highest BCUT2D eigenvalue weighted by Crippen LogP contribution is 2.36. The minimum atomic E-state index is -0.506. The Hall–Kier alpha value is -4.26. The molecule has 0 saturated heterocycles. The normalized spacial score (nSPS) is 13.7. The summed E-state index contributed by atoms with van der Waals surface area (Å²) in [5, 5.41) is 14.1. The molecule has 7 nitrogen and oxygen atoms in total. The first-order valence-electron chi connectivity index (χ1n) is 10.1. The lowest BCUT2D eigenvalue weighted by molar-refractivity contribution is -0.384. The second kappa shape index (κ2) is 8.11. The van der Waals surface area contributed by atoms with Gasteiger partial charge < -0.3 is 5.32 Å². The summed E-state index contributed by atoms with van der Waals surface area (Å²) in [4.78, 5) is 38.7. The van der Waals surface area contributed by atoms with Crippen LogP contribution in [0.3, 0.4) is 0 Å². The minimum Gasteiger partial charge on any atom is -0.350 e. The summed E-state index contributed by atoms with van der Waals surface area (Å²) in [5.41, 5.74) is 4.66. The number of carbonyl (C=O) groups excluding carboxylic acids is 2. The third-order valence-electron chi connectivity index (χ3n) is 5.59. The number of rotatable bonds is 5. The molecule has 7 heteroatoms. The lowest BCUT2D eigenvalue weighted by Gasteiger charge is -2.19. The lowest BCUT2D eigenvalue weighted by Crippen LogP contribution is -2.33. The van der Waals surface area contributed by atoms with Gasteiger partial charge in [0.1, 0.15) is 5.70 Å². The number of hydrogen-bond acceptors (Lipinski definition) is 5. The number of benzene rings is 3. The van der Waals surface area contributed by atoms with Crippen LogP contribution in [0.15, 0.2) is 72.4 Å². The number of non-ortho nitro benzene ring substituents is 1. The molecule has 1 N–H and O–H groups in total. The van der Waals surface area contributed by atoms with E-state index < -0.39 is 16.7 Å². The average molecular weight is 427 g/mol. The molecular weight excluding hydrogens is 406 g/mol. The van der Waals surface area contributed by atoms with Gasteiger partial charge in [0.05, 0.1) is 16.2 Å². The molecule has 0 unspecified atom stereocenters. The van der Waals surface area contributed by atoms with Crippen molar-refractivity contribution in [2.75, 3.05) is 10.2 Å². The number of nitro benzene ring substituents is 1. The summed E-state index contributed by atoms with van der Waals surface area (Å²) in [7, 11) is 0. The molecule has 0 radical (unpaired) electrons. The topological polar surface area (TPSA) is 92.6 Å². The van der Waals surface area contributed by atoms with Crippen molar-refractivity contribution in [1.29, 1.82) is 0 Å². The molecule has 0 spiro atoms. The predicted octanol–water partition coefficient (Wildman–Crippen LogP) is 4.92. The monoisotopic (exact) mass is 427 g/mol. The van der Waals surface area contributed by atoms with Crippen molar-refractivity contribution in [3.63, 3.8) is 0 Å². The van der Waals surface area contributed by atoms with Crippen molar-refractivity contribution in [3.8, 4) is 0 Å². The van der Waals surface area contributed by atoms with Gasteiger partial charge in [-0.1, -0.05) is 29.8 Å². The number of anilines is 2. The van der Waals surface area contributed by atoms with E-state index in [0.29, 0.717) is 16.9 Å². The Morgan fingerprint density at radius 1 is 0.844 bits per heavy atom. The zero-order valence-electron chi connectivity index (χ0n) is 17.9. The fourth-order valence-corrected chi connectivity index (χ4v) is 3.64. The number of nitrogens with one attached hydrogen (secondary N) is 1. The molecule has 160 valence electrons. The van der Waals surface area contributed by atoms with E-state index in [1.54, 1.807) is 12.1 Å². The molecule has 0 aliphatic carbocycles. The number of imide groups is 1. The zero-order chi connectivity index (χ0) is 23.0. The molecule has 3 aromatic carbocycles. The maximum Gasteiger partial charge on any atom is 0.282 e. The standard InChI is InChI=1S/C25H21N3O4/c1-15-7-11-19(12-8-15)26-23-22(18-9-13-20(14-10-18)28(31)32)24(29)27(25(23)30)21-6-4-5-16(2)17(21)3/h4-14,26H,1-3H3. The van der Waals surface area contributed by atoms with Crippen LogP contribution in [0.2, 0.25) is 0 Å². The van der Waals surface area contributed by atoms with Crippen LogP contribution in [0, 0.1) is 30.9 Å². The highest BCUT2D eigenvalue weighted by atomic mass is 16.6. The van der Waals surface area contributed by atoms with E-state index in [9.17, 15) is 19.7 Å². The first-order chi connectivity index (χ1) is 15.3. The largest absolute Gasteiger partial charge is 0.350 e. The summed E-state index contributed by atoms with van der Waals surface area (Å²) >= 11 is 0. The van der Waals surface area contributed by atoms with Crippen molar-refractivity contribution in [1.82, 2.24) is 0 Å². The SMILES string of the molecule is Cc1ccc(NC2=C(c3ccc([N+](=O)[O-])cc3)C(=O)N(c3cccc(C)c3C)C2=O)cc1. The molecule has 1 aliphatic rings. The zero-order valence-corrected chi connectivity index (χ0v) is 17.9. The van der Waals surface area contributed by atoms with Crippen molar-refractivity contribution >= 4 is 34.4 Å². The second-order valence-electron chi connectivity index (χ2n) is 7.71. The molecule has 0 atom stereocenters.